The Balaban J connectivity index is 4.09. The van der Waals surface area contributed by atoms with Crippen molar-refractivity contribution in [2.75, 3.05) is 18.6 Å². The van der Waals surface area contributed by atoms with Crippen molar-refractivity contribution in [2.24, 2.45) is 5.92 Å². The Hall–Kier alpha value is -0.0900. The van der Waals surface area contributed by atoms with Gasteiger partial charge in [-0.25, -0.2) is 8.42 Å². The minimum absolute atomic E-state index is 0.261. The van der Waals surface area contributed by atoms with Gasteiger partial charge in [0.15, 0.2) is 0 Å². The van der Waals surface area contributed by atoms with Crippen LogP contribution in [0.4, 0.5) is 0 Å². The Bertz CT molecular complexity index is 237. The fourth-order valence-electron chi connectivity index (χ4n) is 1.52. The van der Waals surface area contributed by atoms with Crippen molar-refractivity contribution in [3.8, 4) is 0 Å². The van der Waals surface area contributed by atoms with Gasteiger partial charge in [0.25, 0.3) is 0 Å². The van der Waals surface area contributed by atoms with Crippen LogP contribution in [-0.2, 0) is 9.84 Å². The second-order valence-corrected chi connectivity index (χ2v) is 6.24. The Morgan fingerprint density at radius 1 is 1.29 bits per heavy atom. The second-order valence-electron chi connectivity index (χ2n) is 3.77. The average Bonchev–Trinajstić information content (AvgIpc) is 2.18. The zero-order valence-electron chi connectivity index (χ0n) is 9.71. The van der Waals surface area contributed by atoms with Crippen LogP contribution in [0.3, 0.4) is 0 Å². The number of sulfone groups is 1. The summed E-state index contributed by atoms with van der Waals surface area (Å²) in [5.41, 5.74) is 0. The fourth-order valence-corrected chi connectivity index (χ4v) is 2.47. The lowest BCUT2D eigenvalue weighted by Crippen LogP contribution is -2.31. The molecule has 0 bridgehead atoms. The van der Waals surface area contributed by atoms with Gasteiger partial charge in [0, 0.05) is 11.8 Å². The first-order valence-corrected chi connectivity index (χ1v) is 7.16. The molecule has 0 radical (unpaired) electrons. The number of hydrogen-bond acceptors (Lipinski definition) is 3. The maximum absolute atomic E-state index is 11.3. The van der Waals surface area contributed by atoms with Crippen molar-refractivity contribution in [3.05, 3.63) is 0 Å². The van der Waals surface area contributed by atoms with E-state index in [1.165, 1.54) is 0 Å². The molecule has 0 aromatic rings. The summed E-state index contributed by atoms with van der Waals surface area (Å²) in [5, 5.41) is 3.18. The molecule has 0 aliphatic rings. The van der Waals surface area contributed by atoms with Crippen LogP contribution in [0.2, 0.25) is 0 Å². The lowest BCUT2D eigenvalue weighted by Gasteiger charge is -2.21. The molecule has 1 N–H and O–H groups in total. The molecule has 86 valence electrons. The van der Waals surface area contributed by atoms with E-state index in [0.29, 0.717) is 17.7 Å². The normalized spacial score (nSPS) is 16.6. The van der Waals surface area contributed by atoms with Crippen LogP contribution in [0.15, 0.2) is 0 Å². The summed E-state index contributed by atoms with van der Waals surface area (Å²) < 4.78 is 22.6. The van der Waals surface area contributed by atoms with Crippen LogP contribution >= 0.6 is 0 Å². The minimum atomic E-state index is -2.79. The lowest BCUT2D eigenvalue weighted by atomic mass is 9.96. The van der Waals surface area contributed by atoms with Gasteiger partial charge in [-0.05, 0) is 26.3 Å². The molecule has 0 fully saturated rings. The molecule has 0 aromatic carbocycles. The van der Waals surface area contributed by atoms with E-state index in [2.05, 4.69) is 19.2 Å². The van der Waals surface area contributed by atoms with Gasteiger partial charge in [0.2, 0.25) is 0 Å². The van der Waals surface area contributed by atoms with Gasteiger partial charge in [0.05, 0.1) is 5.75 Å². The van der Waals surface area contributed by atoms with Crippen molar-refractivity contribution < 1.29 is 8.42 Å². The third kappa shape index (κ3) is 4.96. The van der Waals surface area contributed by atoms with Gasteiger partial charge in [0.1, 0.15) is 9.84 Å². The zero-order chi connectivity index (χ0) is 11.2. The van der Waals surface area contributed by atoms with Crippen LogP contribution in [0.1, 0.15) is 33.6 Å². The quantitative estimate of drug-likeness (QED) is 0.707. The highest BCUT2D eigenvalue weighted by Gasteiger charge is 2.17. The summed E-state index contributed by atoms with van der Waals surface area (Å²) in [6.07, 6.45) is 1.80. The molecule has 0 heterocycles. The first kappa shape index (κ1) is 13.9. The molecule has 14 heavy (non-hydrogen) atoms. The smallest absolute Gasteiger partial charge is 0.150 e. The monoisotopic (exact) mass is 221 g/mol. The van der Waals surface area contributed by atoms with E-state index < -0.39 is 9.84 Å². The molecule has 3 nitrogen and oxygen atoms in total. The second kappa shape index (κ2) is 6.40. The van der Waals surface area contributed by atoms with Gasteiger partial charge in [-0.3, -0.25) is 0 Å². The van der Waals surface area contributed by atoms with Gasteiger partial charge in [-0.15, -0.1) is 0 Å². The Kier molecular flexibility index (Phi) is 6.36. The molecule has 2 unspecified atom stereocenters. The number of hydrogen-bond donors (Lipinski definition) is 1. The molecular weight excluding hydrogens is 198 g/mol. The van der Waals surface area contributed by atoms with Crippen LogP contribution in [0, 0.1) is 5.92 Å². The van der Waals surface area contributed by atoms with Crippen molar-refractivity contribution >= 4 is 9.84 Å². The molecule has 0 spiro atoms. The molecule has 0 aliphatic carbocycles. The molecule has 0 rings (SSSR count). The predicted molar refractivity (Wildman–Crippen MR) is 61.2 cm³/mol. The van der Waals surface area contributed by atoms with Crippen molar-refractivity contribution in [3.63, 3.8) is 0 Å². The SMILES string of the molecule is CCC(CCS(=O)(=O)CC)C(C)NC. The largest absolute Gasteiger partial charge is 0.317 e. The fraction of sp³-hybridized carbons (Fsp3) is 1.00. The number of nitrogens with one attached hydrogen (secondary N) is 1. The molecule has 0 aromatic heterocycles. The predicted octanol–water partition coefficient (Wildman–Crippen LogP) is 1.45. The minimum Gasteiger partial charge on any atom is -0.317 e. The van der Waals surface area contributed by atoms with Crippen LogP contribution in [0.5, 0.6) is 0 Å². The maximum atomic E-state index is 11.3. The van der Waals surface area contributed by atoms with Gasteiger partial charge < -0.3 is 5.32 Å². The topological polar surface area (TPSA) is 46.2 Å². The maximum Gasteiger partial charge on any atom is 0.150 e. The summed E-state index contributed by atoms with van der Waals surface area (Å²) in [4.78, 5) is 0. The van der Waals surface area contributed by atoms with Crippen molar-refractivity contribution in [1.82, 2.24) is 5.32 Å². The van der Waals surface area contributed by atoms with Crippen molar-refractivity contribution in [1.29, 1.82) is 0 Å². The zero-order valence-corrected chi connectivity index (χ0v) is 10.5. The summed E-state index contributed by atoms with van der Waals surface area (Å²) in [5.74, 6) is 1.05. The highest BCUT2D eigenvalue weighted by molar-refractivity contribution is 7.91. The summed E-state index contributed by atoms with van der Waals surface area (Å²) >= 11 is 0. The highest BCUT2D eigenvalue weighted by Crippen LogP contribution is 2.14. The Labute approximate surface area is 88.2 Å². The van der Waals surface area contributed by atoms with Gasteiger partial charge >= 0.3 is 0 Å². The van der Waals surface area contributed by atoms with E-state index in [9.17, 15) is 8.42 Å². The number of rotatable bonds is 7. The van der Waals surface area contributed by atoms with E-state index in [4.69, 9.17) is 0 Å². The van der Waals surface area contributed by atoms with Gasteiger partial charge in [-0.2, -0.15) is 0 Å². The third-order valence-electron chi connectivity index (χ3n) is 2.93. The highest BCUT2D eigenvalue weighted by atomic mass is 32.2. The third-order valence-corrected chi connectivity index (χ3v) is 4.66. The molecule has 4 heteroatoms. The first-order valence-electron chi connectivity index (χ1n) is 5.34. The Morgan fingerprint density at radius 3 is 2.21 bits per heavy atom. The Morgan fingerprint density at radius 2 is 1.86 bits per heavy atom. The lowest BCUT2D eigenvalue weighted by molar-refractivity contribution is 0.373. The summed E-state index contributed by atoms with van der Waals surface area (Å²) in [6.45, 7) is 5.92. The average molecular weight is 221 g/mol. The first-order chi connectivity index (χ1) is 6.46. The molecule has 0 amide bonds. The van der Waals surface area contributed by atoms with E-state index in [-0.39, 0.29) is 5.75 Å². The van der Waals surface area contributed by atoms with E-state index in [1.54, 1.807) is 6.92 Å². The molecule has 0 aliphatic heterocycles. The van der Waals surface area contributed by atoms with E-state index in [1.807, 2.05) is 7.05 Å². The van der Waals surface area contributed by atoms with Crippen LogP contribution < -0.4 is 5.32 Å². The van der Waals surface area contributed by atoms with Crippen LogP contribution in [-0.4, -0.2) is 33.0 Å². The van der Waals surface area contributed by atoms with Crippen LogP contribution in [0.25, 0.3) is 0 Å². The summed E-state index contributed by atoms with van der Waals surface area (Å²) in [7, 11) is -0.876. The summed E-state index contributed by atoms with van der Waals surface area (Å²) in [6, 6.07) is 0.395. The molecule has 0 saturated heterocycles. The molecular formula is C10H23NO2S. The van der Waals surface area contributed by atoms with Crippen molar-refractivity contribution in [2.45, 2.75) is 39.7 Å². The van der Waals surface area contributed by atoms with Gasteiger partial charge in [-0.1, -0.05) is 20.3 Å². The van der Waals surface area contributed by atoms with E-state index in [0.717, 1.165) is 12.8 Å². The molecule has 2 atom stereocenters. The standard InChI is InChI=1S/C10H23NO2S/c1-5-10(9(3)11-4)7-8-14(12,13)6-2/h9-11H,5-8H2,1-4H3. The molecule has 0 saturated carbocycles. The van der Waals surface area contributed by atoms with E-state index >= 15 is 0 Å².